The molecule has 0 radical (unpaired) electrons. The lowest BCUT2D eigenvalue weighted by Gasteiger charge is -2.16. The highest BCUT2D eigenvalue weighted by Crippen LogP contribution is 2.20. The molecule has 0 fully saturated rings. The molecular weight excluding hydrogens is 446 g/mol. The predicted molar refractivity (Wildman–Crippen MR) is 103 cm³/mol. The maximum atomic E-state index is 12.4. The number of hydrogen-bond donors (Lipinski definition) is 2. The fourth-order valence-corrected chi connectivity index (χ4v) is 3.54. The van der Waals surface area contributed by atoms with Crippen LogP contribution in [0.2, 0.25) is 5.02 Å². The van der Waals surface area contributed by atoms with E-state index in [1.807, 2.05) is 0 Å². The lowest BCUT2D eigenvalue weighted by atomic mass is 10.2. The van der Waals surface area contributed by atoms with Gasteiger partial charge in [-0.2, -0.15) is 9.41 Å². The fourth-order valence-electron chi connectivity index (χ4n) is 1.91. The summed E-state index contributed by atoms with van der Waals surface area (Å²) in [6.07, 6.45) is 1.26. The van der Waals surface area contributed by atoms with E-state index in [1.54, 1.807) is 12.1 Å². The van der Waals surface area contributed by atoms with Crippen LogP contribution in [0.4, 0.5) is 0 Å². The molecule has 0 saturated heterocycles. The first-order chi connectivity index (χ1) is 12.2. The van der Waals surface area contributed by atoms with Crippen LogP contribution in [0.5, 0.6) is 5.75 Å². The molecule has 2 rings (SSSR count). The van der Waals surface area contributed by atoms with Crippen LogP contribution >= 0.6 is 27.5 Å². The SMILES string of the molecule is CN(CC(=O)NN=Cc1cc(Br)ccc1O)S(=O)(=O)c1ccc(Cl)cc1. The molecule has 2 aromatic carbocycles. The lowest BCUT2D eigenvalue weighted by molar-refractivity contribution is -0.121. The number of hydrogen-bond acceptors (Lipinski definition) is 5. The number of carbonyl (C=O) groups excluding carboxylic acids is 1. The van der Waals surface area contributed by atoms with Crippen LogP contribution in [-0.4, -0.2) is 43.5 Å². The molecule has 10 heteroatoms. The summed E-state index contributed by atoms with van der Waals surface area (Å²) in [5, 5.41) is 13.8. The second-order valence-corrected chi connectivity index (χ2v) is 8.61. The molecule has 0 aliphatic heterocycles. The van der Waals surface area contributed by atoms with Crippen molar-refractivity contribution in [1.82, 2.24) is 9.73 Å². The molecule has 0 saturated carbocycles. The predicted octanol–water partition coefficient (Wildman–Crippen LogP) is 2.58. The Labute approximate surface area is 164 Å². The van der Waals surface area contributed by atoms with Gasteiger partial charge in [-0.15, -0.1) is 0 Å². The summed E-state index contributed by atoms with van der Waals surface area (Å²) in [6, 6.07) is 10.4. The van der Waals surface area contributed by atoms with E-state index in [1.165, 1.54) is 43.6 Å². The Kier molecular flexibility index (Phi) is 6.76. The Morgan fingerprint density at radius 1 is 1.31 bits per heavy atom. The van der Waals surface area contributed by atoms with Gasteiger partial charge < -0.3 is 5.11 Å². The Morgan fingerprint density at radius 3 is 2.62 bits per heavy atom. The van der Waals surface area contributed by atoms with Crippen LogP contribution in [0, 0.1) is 0 Å². The van der Waals surface area contributed by atoms with Gasteiger partial charge in [0.1, 0.15) is 5.75 Å². The summed E-state index contributed by atoms with van der Waals surface area (Å²) >= 11 is 9.00. The smallest absolute Gasteiger partial charge is 0.255 e. The maximum Gasteiger partial charge on any atom is 0.255 e. The zero-order valence-electron chi connectivity index (χ0n) is 13.6. The molecule has 0 atom stereocenters. The van der Waals surface area contributed by atoms with Gasteiger partial charge in [-0.25, -0.2) is 13.8 Å². The standard InChI is InChI=1S/C16H15BrClN3O4S/c1-21(26(24,25)14-5-3-13(18)4-6-14)10-16(23)20-19-9-11-8-12(17)2-7-15(11)22/h2-9,22H,10H2,1H3,(H,20,23). The minimum atomic E-state index is -3.82. The molecule has 1 amide bonds. The lowest BCUT2D eigenvalue weighted by Crippen LogP contribution is -2.36. The average Bonchev–Trinajstić information content (AvgIpc) is 2.58. The molecule has 26 heavy (non-hydrogen) atoms. The molecule has 0 unspecified atom stereocenters. The van der Waals surface area contributed by atoms with Crippen LogP contribution in [0.15, 0.2) is 56.9 Å². The molecule has 0 aromatic heterocycles. The van der Waals surface area contributed by atoms with Crippen molar-refractivity contribution in [1.29, 1.82) is 0 Å². The Hall–Kier alpha value is -1.94. The molecule has 138 valence electrons. The quantitative estimate of drug-likeness (QED) is 0.511. The van der Waals surface area contributed by atoms with E-state index in [0.717, 1.165) is 8.78 Å². The van der Waals surface area contributed by atoms with E-state index in [4.69, 9.17) is 11.6 Å². The Balaban J connectivity index is 1.99. The highest BCUT2D eigenvalue weighted by molar-refractivity contribution is 9.10. The third-order valence-electron chi connectivity index (χ3n) is 3.27. The fraction of sp³-hybridized carbons (Fsp3) is 0.125. The van der Waals surface area contributed by atoms with E-state index < -0.39 is 22.5 Å². The van der Waals surface area contributed by atoms with Crippen molar-refractivity contribution in [2.24, 2.45) is 5.10 Å². The number of benzene rings is 2. The summed E-state index contributed by atoms with van der Waals surface area (Å²) in [7, 11) is -2.54. The first kappa shape index (κ1) is 20.4. The number of rotatable bonds is 6. The van der Waals surface area contributed by atoms with Crippen molar-refractivity contribution >= 4 is 49.7 Å². The Bertz CT molecular complexity index is 933. The second-order valence-electron chi connectivity index (χ2n) is 5.21. The largest absolute Gasteiger partial charge is 0.507 e. The normalized spacial score (nSPS) is 11.8. The topological polar surface area (TPSA) is 99.1 Å². The molecule has 2 N–H and O–H groups in total. The molecule has 7 nitrogen and oxygen atoms in total. The molecule has 0 bridgehead atoms. The highest BCUT2D eigenvalue weighted by Gasteiger charge is 2.22. The van der Waals surface area contributed by atoms with E-state index in [2.05, 4.69) is 26.5 Å². The van der Waals surface area contributed by atoms with Crippen LogP contribution in [0.1, 0.15) is 5.56 Å². The first-order valence-corrected chi connectivity index (χ1v) is 9.83. The maximum absolute atomic E-state index is 12.4. The van der Waals surface area contributed by atoms with Crippen molar-refractivity contribution < 1.29 is 18.3 Å². The van der Waals surface area contributed by atoms with Gasteiger partial charge >= 0.3 is 0 Å². The minimum absolute atomic E-state index is 0.00590. The van der Waals surface area contributed by atoms with Crippen molar-refractivity contribution in [3.63, 3.8) is 0 Å². The van der Waals surface area contributed by atoms with Gasteiger partial charge in [0.15, 0.2) is 0 Å². The summed E-state index contributed by atoms with van der Waals surface area (Å²) in [6.45, 7) is -0.424. The molecule has 2 aromatic rings. The van der Waals surface area contributed by atoms with Gasteiger partial charge in [0.2, 0.25) is 10.0 Å². The molecular formula is C16H15BrClN3O4S. The number of halogens is 2. The number of carbonyl (C=O) groups is 1. The van der Waals surface area contributed by atoms with Gasteiger partial charge in [0.05, 0.1) is 17.7 Å². The minimum Gasteiger partial charge on any atom is -0.507 e. The number of amides is 1. The summed E-state index contributed by atoms with van der Waals surface area (Å²) < 4.78 is 26.4. The van der Waals surface area contributed by atoms with Crippen molar-refractivity contribution in [2.75, 3.05) is 13.6 Å². The summed E-state index contributed by atoms with van der Waals surface area (Å²) in [5.41, 5.74) is 2.61. The zero-order valence-corrected chi connectivity index (χ0v) is 16.7. The summed E-state index contributed by atoms with van der Waals surface area (Å²) in [4.78, 5) is 11.9. The van der Waals surface area contributed by atoms with E-state index in [-0.39, 0.29) is 10.6 Å². The molecule has 0 spiro atoms. The monoisotopic (exact) mass is 459 g/mol. The second kappa shape index (κ2) is 8.63. The number of phenols is 1. The van der Waals surface area contributed by atoms with Crippen molar-refractivity contribution in [3.05, 3.63) is 57.5 Å². The van der Waals surface area contributed by atoms with Crippen LogP contribution in [-0.2, 0) is 14.8 Å². The average molecular weight is 461 g/mol. The van der Waals surface area contributed by atoms with Crippen LogP contribution in [0.25, 0.3) is 0 Å². The van der Waals surface area contributed by atoms with Gasteiger partial charge in [0, 0.05) is 22.1 Å². The number of nitrogens with one attached hydrogen (secondary N) is 1. The number of likely N-dealkylation sites (N-methyl/N-ethyl adjacent to an activating group) is 1. The number of hydrazone groups is 1. The van der Waals surface area contributed by atoms with E-state index >= 15 is 0 Å². The number of sulfonamides is 1. The number of aromatic hydroxyl groups is 1. The molecule has 0 aliphatic carbocycles. The highest BCUT2D eigenvalue weighted by atomic mass is 79.9. The van der Waals surface area contributed by atoms with Gasteiger partial charge in [-0.3, -0.25) is 4.79 Å². The Morgan fingerprint density at radius 2 is 1.96 bits per heavy atom. The van der Waals surface area contributed by atoms with Crippen molar-refractivity contribution in [3.8, 4) is 5.75 Å². The number of phenolic OH excluding ortho intramolecular Hbond substituents is 1. The molecule has 0 aliphatic rings. The third kappa shape index (κ3) is 5.28. The van der Waals surface area contributed by atoms with E-state index in [0.29, 0.717) is 10.6 Å². The third-order valence-corrected chi connectivity index (χ3v) is 5.83. The number of nitrogens with zero attached hydrogens (tertiary/aromatic N) is 2. The van der Waals surface area contributed by atoms with Gasteiger partial charge in [0.25, 0.3) is 5.91 Å². The zero-order chi connectivity index (χ0) is 19.3. The summed E-state index contributed by atoms with van der Waals surface area (Å²) in [5.74, 6) is -0.635. The van der Waals surface area contributed by atoms with Crippen LogP contribution in [0.3, 0.4) is 0 Å². The van der Waals surface area contributed by atoms with Crippen molar-refractivity contribution in [2.45, 2.75) is 4.90 Å². The molecule has 0 heterocycles. The first-order valence-electron chi connectivity index (χ1n) is 7.22. The van der Waals surface area contributed by atoms with E-state index in [9.17, 15) is 18.3 Å². The van der Waals surface area contributed by atoms with Gasteiger partial charge in [-0.1, -0.05) is 27.5 Å². The van der Waals surface area contributed by atoms with Gasteiger partial charge in [-0.05, 0) is 42.5 Å². The van der Waals surface area contributed by atoms with Crippen LogP contribution < -0.4 is 5.43 Å².